The molecule has 2 N–H and O–H groups in total. The Morgan fingerprint density at radius 3 is 2.91 bits per heavy atom. The number of ether oxygens (including phenoxy) is 1. The number of fused-ring (bicyclic) bond motifs is 1. The summed E-state index contributed by atoms with van der Waals surface area (Å²) in [7, 11) is 1.58. The number of Topliss-reactive ketones (excluding diaryl/α,β-unsaturated/α-hetero) is 1. The number of ketones is 1. The van der Waals surface area contributed by atoms with Crippen LogP contribution in [0.1, 0.15) is 26.7 Å². The number of hydrogen-bond acceptors (Lipinski definition) is 9. The van der Waals surface area contributed by atoms with Crippen LogP contribution in [0.25, 0.3) is 10.9 Å². The number of aryl methyl sites for hydroxylation is 1. The number of thioether (sulfide) groups is 1. The van der Waals surface area contributed by atoms with Gasteiger partial charge >= 0.3 is 0 Å². The van der Waals surface area contributed by atoms with E-state index >= 15 is 0 Å². The van der Waals surface area contributed by atoms with E-state index < -0.39 is 18.1 Å². The van der Waals surface area contributed by atoms with Gasteiger partial charge in [0.2, 0.25) is 5.91 Å². The summed E-state index contributed by atoms with van der Waals surface area (Å²) in [6.07, 6.45) is 2.02. The number of amides is 1. The molecule has 0 aliphatic carbocycles. The van der Waals surface area contributed by atoms with Gasteiger partial charge in [0.25, 0.3) is 0 Å². The molecule has 3 aromatic rings. The van der Waals surface area contributed by atoms with E-state index in [1.165, 1.54) is 28.0 Å². The number of aliphatic hydroxyl groups is 2. The quantitative estimate of drug-likeness (QED) is 0.397. The van der Waals surface area contributed by atoms with Crippen LogP contribution in [0.2, 0.25) is 0 Å². The lowest BCUT2D eigenvalue weighted by Crippen LogP contribution is -2.35. The van der Waals surface area contributed by atoms with Crippen molar-refractivity contribution in [2.45, 2.75) is 24.0 Å². The molecule has 1 amide bonds. The summed E-state index contributed by atoms with van der Waals surface area (Å²) in [6, 6.07) is 7.20. The zero-order chi connectivity index (χ0) is 22.9. The van der Waals surface area contributed by atoms with Gasteiger partial charge in [-0.1, -0.05) is 11.8 Å². The summed E-state index contributed by atoms with van der Waals surface area (Å²) in [5.41, 5.74) is 0.406. The number of rotatable bonds is 7. The van der Waals surface area contributed by atoms with E-state index in [0.29, 0.717) is 33.5 Å². The molecule has 3 aromatic heterocycles. The van der Waals surface area contributed by atoms with Crippen molar-refractivity contribution in [3.05, 3.63) is 45.9 Å². The van der Waals surface area contributed by atoms with Gasteiger partial charge in [0.05, 0.1) is 36.0 Å². The number of hydrogen-bond donors (Lipinski definition) is 2. The smallest absolute Gasteiger partial charge is 0.248 e. The van der Waals surface area contributed by atoms with Gasteiger partial charge in [0, 0.05) is 28.9 Å². The molecule has 10 heteroatoms. The maximum atomic E-state index is 12.9. The summed E-state index contributed by atoms with van der Waals surface area (Å²) < 4.78 is 5.27. The molecule has 0 radical (unpaired) electrons. The molecular formula is C22H23N3O5S2. The Balaban J connectivity index is 1.48. The van der Waals surface area contributed by atoms with Gasteiger partial charge in [-0.3, -0.25) is 14.6 Å². The maximum absolute atomic E-state index is 12.9. The van der Waals surface area contributed by atoms with Crippen LogP contribution in [0, 0.1) is 6.92 Å². The number of pyridine rings is 2. The molecule has 0 saturated carbocycles. The number of likely N-dealkylation sites (tertiary alicyclic amines) is 1. The van der Waals surface area contributed by atoms with E-state index in [1.807, 2.05) is 19.1 Å². The first-order valence-corrected chi connectivity index (χ1v) is 11.8. The lowest BCUT2D eigenvalue weighted by Gasteiger charge is -2.21. The van der Waals surface area contributed by atoms with Crippen LogP contribution in [0.5, 0.6) is 5.75 Å². The second-order valence-corrected chi connectivity index (χ2v) is 9.69. The minimum absolute atomic E-state index is 0.0663. The molecular weight excluding hydrogens is 450 g/mol. The molecule has 0 spiro atoms. The van der Waals surface area contributed by atoms with Gasteiger partial charge in [0.1, 0.15) is 23.0 Å². The van der Waals surface area contributed by atoms with Crippen LogP contribution < -0.4 is 4.74 Å². The lowest BCUT2D eigenvalue weighted by molar-refractivity contribution is -0.134. The second-order valence-electron chi connectivity index (χ2n) is 7.64. The highest BCUT2D eigenvalue weighted by Crippen LogP contribution is 2.37. The average molecular weight is 474 g/mol. The monoisotopic (exact) mass is 473 g/mol. The number of nitrogens with zero attached hydrogens (tertiary/aromatic N) is 3. The molecule has 32 heavy (non-hydrogen) atoms. The highest BCUT2D eigenvalue weighted by Gasteiger charge is 2.40. The lowest BCUT2D eigenvalue weighted by atomic mass is 10.0. The number of aliphatic hydroxyl groups excluding tert-OH is 1. The fourth-order valence-electron chi connectivity index (χ4n) is 3.67. The highest BCUT2D eigenvalue weighted by atomic mass is 32.2. The molecule has 1 atom stereocenters. The third-order valence-electron chi connectivity index (χ3n) is 5.40. The van der Waals surface area contributed by atoms with Crippen molar-refractivity contribution in [2.24, 2.45) is 0 Å². The molecule has 0 bridgehead atoms. The zero-order valence-electron chi connectivity index (χ0n) is 17.7. The van der Waals surface area contributed by atoms with Gasteiger partial charge in [-0.05, 0) is 31.2 Å². The van der Waals surface area contributed by atoms with Gasteiger partial charge in [-0.25, -0.2) is 4.98 Å². The van der Waals surface area contributed by atoms with E-state index in [4.69, 9.17) is 9.84 Å². The molecule has 1 saturated heterocycles. The minimum atomic E-state index is -1.20. The van der Waals surface area contributed by atoms with E-state index in [2.05, 4.69) is 9.97 Å². The highest BCUT2D eigenvalue weighted by molar-refractivity contribution is 8.00. The second kappa shape index (κ2) is 9.14. The van der Waals surface area contributed by atoms with Crippen molar-refractivity contribution in [3.63, 3.8) is 0 Å². The van der Waals surface area contributed by atoms with E-state index in [1.54, 1.807) is 25.4 Å². The van der Waals surface area contributed by atoms with Crippen LogP contribution in [-0.4, -0.2) is 69.3 Å². The largest absolute Gasteiger partial charge is 0.495 e. The molecule has 0 aromatic carbocycles. The Morgan fingerprint density at radius 2 is 2.16 bits per heavy atom. The Labute approximate surface area is 193 Å². The topological polar surface area (TPSA) is 113 Å². The maximum Gasteiger partial charge on any atom is 0.248 e. The molecule has 4 heterocycles. The fourth-order valence-corrected chi connectivity index (χ4v) is 5.76. The van der Waals surface area contributed by atoms with Crippen molar-refractivity contribution in [3.8, 4) is 5.75 Å². The van der Waals surface area contributed by atoms with Crippen LogP contribution in [0.15, 0.2) is 35.5 Å². The summed E-state index contributed by atoms with van der Waals surface area (Å²) in [5.74, 6) is 0.339. The van der Waals surface area contributed by atoms with Crippen molar-refractivity contribution in [1.82, 2.24) is 14.9 Å². The predicted octanol–water partition coefficient (Wildman–Crippen LogP) is 2.40. The van der Waals surface area contributed by atoms with Crippen molar-refractivity contribution in [1.29, 1.82) is 0 Å². The number of thiophene rings is 1. The molecule has 1 aliphatic heterocycles. The van der Waals surface area contributed by atoms with Gasteiger partial charge in [-0.15, -0.1) is 11.3 Å². The van der Waals surface area contributed by atoms with E-state index in [0.717, 1.165) is 16.6 Å². The molecule has 1 aliphatic rings. The third kappa shape index (κ3) is 4.49. The van der Waals surface area contributed by atoms with Crippen molar-refractivity contribution in [2.75, 3.05) is 32.6 Å². The van der Waals surface area contributed by atoms with Crippen LogP contribution in [0.3, 0.4) is 0 Å². The van der Waals surface area contributed by atoms with Crippen LogP contribution in [0.4, 0.5) is 0 Å². The summed E-state index contributed by atoms with van der Waals surface area (Å²) in [5, 5.41) is 21.6. The van der Waals surface area contributed by atoms with Crippen LogP contribution >= 0.6 is 23.1 Å². The first-order chi connectivity index (χ1) is 15.3. The summed E-state index contributed by atoms with van der Waals surface area (Å²) in [4.78, 5) is 36.2. The Bertz CT molecular complexity index is 1180. The Hall–Kier alpha value is -2.53. The Morgan fingerprint density at radius 1 is 1.34 bits per heavy atom. The number of carbonyl (C=O) groups is 2. The summed E-state index contributed by atoms with van der Waals surface area (Å²) >= 11 is 2.58. The molecule has 168 valence electrons. The van der Waals surface area contributed by atoms with Gasteiger partial charge in [-0.2, -0.15) is 0 Å². The van der Waals surface area contributed by atoms with Crippen LogP contribution in [-0.2, 0) is 10.4 Å². The standard InChI is InChI=1S/C22H23N3O5S2/c1-13-7-16-15(8-14(30-2)9-23-16)21(24-13)31-11-17(27)18-3-4-19(32-18)22(29)5-6-25(12-22)20(28)10-26/h3-4,7-9,26,29H,5-6,10-12H2,1-2H3. The molecule has 4 rings (SSSR count). The van der Waals surface area contributed by atoms with E-state index in [-0.39, 0.29) is 18.1 Å². The normalized spacial score (nSPS) is 18.3. The first-order valence-electron chi connectivity index (χ1n) is 10.0. The number of methoxy groups -OCH3 is 1. The predicted molar refractivity (Wildman–Crippen MR) is 122 cm³/mol. The number of β-amino-alcohol motifs (C(OH)–C–C–N with tert-alkyl or cyclic N) is 1. The average Bonchev–Trinajstić information content (AvgIpc) is 3.45. The Kier molecular flexibility index (Phi) is 6.47. The zero-order valence-corrected chi connectivity index (χ0v) is 19.3. The molecule has 1 unspecified atom stereocenters. The first kappa shape index (κ1) is 22.7. The molecule has 8 nitrogen and oxygen atoms in total. The SMILES string of the molecule is COc1cnc2cc(C)nc(SCC(=O)c3ccc(C4(O)CCN(C(=O)CO)C4)s3)c2c1. The minimum Gasteiger partial charge on any atom is -0.495 e. The number of carbonyl (C=O) groups excluding carboxylic acids is 2. The molecule has 1 fully saturated rings. The van der Waals surface area contributed by atoms with Crippen molar-refractivity contribution < 1.29 is 24.5 Å². The van der Waals surface area contributed by atoms with Gasteiger partial charge < -0.3 is 19.8 Å². The van der Waals surface area contributed by atoms with Crippen molar-refractivity contribution >= 4 is 45.7 Å². The summed E-state index contributed by atoms with van der Waals surface area (Å²) in [6.45, 7) is 1.79. The number of aromatic nitrogens is 2. The van der Waals surface area contributed by atoms with Gasteiger partial charge in [0.15, 0.2) is 5.78 Å². The third-order valence-corrected chi connectivity index (χ3v) is 7.71. The fraction of sp³-hybridized carbons (Fsp3) is 0.364. The van der Waals surface area contributed by atoms with E-state index in [9.17, 15) is 14.7 Å².